The molecule has 0 aromatic heterocycles. The molecular formula is C17H26F2N4O. The fraction of sp³-hybridized carbons (Fsp3) is 0.529. The van der Waals surface area contributed by atoms with Crippen molar-refractivity contribution in [2.75, 3.05) is 26.7 Å². The van der Waals surface area contributed by atoms with E-state index in [1.807, 2.05) is 6.92 Å². The van der Waals surface area contributed by atoms with Crippen LogP contribution in [0.1, 0.15) is 26.3 Å². The monoisotopic (exact) mass is 340 g/mol. The van der Waals surface area contributed by atoms with E-state index in [0.29, 0.717) is 37.6 Å². The van der Waals surface area contributed by atoms with Gasteiger partial charge in [0.2, 0.25) is 5.91 Å². The van der Waals surface area contributed by atoms with Crippen molar-refractivity contribution in [3.8, 4) is 0 Å². The van der Waals surface area contributed by atoms with Crippen LogP contribution in [0.25, 0.3) is 0 Å². The maximum Gasteiger partial charge on any atom is 0.227 e. The first-order chi connectivity index (χ1) is 11.3. The summed E-state index contributed by atoms with van der Waals surface area (Å²) in [7, 11) is 1.59. The second-order valence-corrected chi connectivity index (χ2v) is 6.07. The molecule has 1 rings (SSSR count). The van der Waals surface area contributed by atoms with Gasteiger partial charge in [0.05, 0.1) is 12.0 Å². The van der Waals surface area contributed by atoms with E-state index < -0.39 is 17.0 Å². The van der Waals surface area contributed by atoms with Gasteiger partial charge in [-0.3, -0.25) is 9.79 Å². The molecule has 5 nitrogen and oxygen atoms in total. The van der Waals surface area contributed by atoms with Crippen molar-refractivity contribution in [3.63, 3.8) is 0 Å². The number of hydrogen-bond donors (Lipinski definition) is 3. The zero-order valence-corrected chi connectivity index (χ0v) is 14.7. The summed E-state index contributed by atoms with van der Waals surface area (Å²) in [5.41, 5.74) is -0.324. The third-order valence-corrected chi connectivity index (χ3v) is 3.51. The van der Waals surface area contributed by atoms with Gasteiger partial charge in [0.15, 0.2) is 5.96 Å². The number of benzene rings is 1. The zero-order chi connectivity index (χ0) is 18.2. The summed E-state index contributed by atoms with van der Waals surface area (Å²) < 4.78 is 26.7. The molecular weight excluding hydrogens is 314 g/mol. The van der Waals surface area contributed by atoms with Crippen LogP contribution in [0, 0.1) is 17.0 Å². The topological polar surface area (TPSA) is 65.5 Å². The largest absolute Gasteiger partial charge is 0.359 e. The molecule has 0 saturated carbocycles. The van der Waals surface area contributed by atoms with Gasteiger partial charge in [-0.1, -0.05) is 0 Å². The van der Waals surface area contributed by atoms with Crippen LogP contribution in [0.3, 0.4) is 0 Å². The molecule has 0 heterocycles. The van der Waals surface area contributed by atoms with Crippen molar-refractivity contribution in [3.05, 3.63) is 35.4 Å². The van der Waals surface area contributed by atoms with Crippen molar-refractivity contribution in [1.29, 1.82) is 0 Å². The van der Waals surface area contributed by atoms with Gasteiger partial charge in [-0.25, -0.2) is 8.78 Å². The summed E-state index contributed by atoms with van der Waals surface area (Å²) >= 11 is 0. The summed E-state index contributed by atoms with van der Waals surface area (Å²) in [5.74, 6) is -0.449. The number of carbonyl (C=O) groups is 1. The van der Waals surface area contributed by atoms with E-state index in [1.165, 1.54) is 6.07 Å². The number of rotatable bonds is 7. The molecule has 7 heteroatoms. The van der Waals surface area contributed by atoms with E-state index in [0.717, 1.165) is 12.1 Å². The normalized spacial score (nSPS) is 12.0. The molecule has 0 spiro atoms. The van der Waals surface area contributed by atoms with Gasteiger partial charge >= 0.3 is 0 Å². The van der Waals surface area contributed by atoms with Crippen molar-refractivity contribution in [1.82, 2.24) is 16.0 Å². The quantitative estimate of drug-likeness (QED) is 0.524. The summed E-state index contributed by atoms with van der Waals surface area (Å²) in [4.78, 5) is 16.2. The SMILES string of the molecule is CCNC(=NCC(C)(C)C(=O)NC)NCCc1cc(F)ccc1F. The molecule has 0 radical (unpaired) electrons. The van der Waals surface area contributed by atoms with E-state index in [1.54, 1.807) is 20.9 Å². The second kappa shape index (κ2) is 9.20. The number of aliphatic imine (C=N–C) groups is 1. The van der Waals surface area contributed by atoms with E-state index >= 15 is 0 Å². The minimum Gasteiger partial charge on any atom is -0.359 e. The third-order valence-electron chi connectivity index (χ3n) is 3.51. The lowest BCUT2D eigenvalue weighted by Gasteiger charge is -2.21. The molecule has 24 heavy (non-hydrogen) atoms. The van der Waals surface area contributed by atoms with Crippen LogP contribution < -0.4 is 16.0 Å². The Morgan fingerprint density at radius 1 is 1.25 bits per heavy atom. The predicted molar refractivity (Wildman–Crippen MR) is 91.9 cm³/mol. The van der Waals surface area contributed by atoms with Crippen molar-refractivity contribution in [2.45, 2.75) is 27.2 Å². The number of hydrogen-bond acceptors (Lipinski definition) is 2. The molecule has 1 aromatic rings. The highest BCUT2D eigenvalue weighted by Gasteiger charge is 2.26. The number of halogens is 2. The fourth-order valence-electron chi connectivity index (χ4n) is 2.08. The third kappa shape index (κ3) is 6.14. The first kappa shape index (κ1) is 19.9. The Morgan fingerprint density at radius 3 is 2.58 bits per heavy atom. The standard InChI is InChI=1S/C17H26F2N4O/c1-5-21-16(23-11-17(2,3)15(24)20-4)22-9-8-12-10-13(18)6-7-14(12)19/h6-7,10H,5,8-9,11H2,1-4H3,(H,20,24)(H2,21,22,23). The minimum absolute atomic E-state index is 0.0936. The molecule has 0 atom stereocenters. The first-order valence-corrected chi connectivity index (χ1v) is 7.98. The summed E-state index contributed by atoms with van der Waals surface area (Å²) in [5, 5.41) is 8.74. The lowest BCUT2D eigenvalue weighted by molar-refractivity contribution is -0.128. The van der Waals surface area contributed by atoms with Crippen LogP contribution in [0.4, 0.5) is 8.78 Å². The zero-order valence-electron chi connectivity index (χ0n) is 14.7. The van der Waals surface area contributed by atoms with Crippen molar-refractivity contribution < 1.29 is 13.6 Å². The van der Waals surface area contributed by atoms with Gasteiger partial charge in [-0.2, -0.15) is 0 Å². The first-order valence-electron chi connectivity index (χ1n) is 7.98. The molecule has 134 valence electrons. The Labute approximate surface area is 141 Å². The van der Waals surface area contributed by atoms with Gasteiger partial charge < -0.3 is 16.0 Å². The lowest BCUT2D eigenvalue weighted by Crippen LogP contribution is -2.41. The van der Waals surface area contributed by atoms with E-state index in [9.17, 15) is 13.6 Å². The van der Waals surface area contributed by atoms with Gasteiger partial charge in [0.1, 0.15) is 11.6 Å². The average Bonchev–Trinajstić information content (AvgIpc) is 2.55. The van der Waals surface area contributed by atoms with E-state index in [2.05, 4.69) is 20.9 Å². The fourth-order valence-corrected chi connectivity index (χ4v) is 2.08. The van der Waals surface area contributed by atoms with Crippen LogP contribution in [-0.2, 0) is 11.2 Å². The maximum absolute atomic E-state index is 13.6. The molecule has 0 bridgehead atoms. The summed E-state index contributed by atoms with van der Waals surface area (Å²) in [6, 6.07) is 3.41. The van der Waals surface area contributed by atoms with Crippen LogP contribution in [0.5, 0.6) is 0 Å². The summed E-state index contributed by atoms with van der Waals surface area (Å²) in [6.45, 7) is 6.89. The molecule has 1 aromatic carbocycles. The molecule has 0 unspecified atom stereocenters. The molecule has 3 N–H and O–H groups in total. The van der Waals surface area contributed by atoms with Gasteiger partial charge in [-0.05, 0) is 51.0 Å². The van der Waals surface area contributed by atoms with Gasteiger partial charge in [0.25, 0.3) is 0 Å². The van der Waals surface area contributed by atoms with Crippen molar-refractivity contribution >= 4 is 11.9 Å². The highest BCUT2D eigenvalue weighted by atomic mass is 19.1. The predicted octanol–water partition coefficient (Wildman–Crippen LogP) is 1.83. The van der Waals surface area contributed by atoms with Crippen molar-refractivity contribution in [2.24, 2.45) is 10.4 Å². The molecule has 0 saturated heterocycles. The Balaban J connectivity index is 2.64. The molecule has 0 aliphatic carbocycles. The number of guanidine groups is 1. The van der Waals surface area contributed by atoms with Gasteiger partial charge in [0, 0.05) is 20.1 Å². The minimum atomic E-state index is -0.633. The average molecular weight is 340 g/mol. The highest BCUT2D eigenvalue weighted by molar-refractivity contribution is 5.83. The second-order valence-electron chi connectivity index (χ2n) is 6.07. The van der Waals surface area contributed by atoms with Crippen LogP contribution >= 0.6 is 0 Å². The maximum atomic E-state index is 13.6. The van der Waals surface area contributed by atoms with Gasteiger partial charge in [-0.15, -0.1) is 0 Å². The Bertz CT molecular complexity index is 588. The molecule has 0 fully saturated rings. The highest BCUT2D eigenvalue weighted by Crippen LogP contribution is 2.15. The van der Waals surface area contributed by atoms with Crippen LogP contribution in [-0.4, -0.2) is 38.5 Å². The van der Waals surface area contributed by atoms with Crippen LogP contribution in [0.2, 0.25) is 0 Å². The number of nitrogens with zero attached hydrogens (tertiary/aromatic N) is 1. The number of carbonyl (C=O) groups excluding carboxylic acids is 1. The Morgan fingerprint density at radius 2 is 1.96 bits per heavy atom. The van der Waals surface area contributed by atoms with E-state index in [4.69, 9.17) is 0 Å². The Hall–Kier alpha value is -2.18. The molecule has 0 aliphatic heterocycles. The van der Waals surface area contributed by atoms with E-state index in [-0.39, 0.29) is 5.91 Å². The summed E-state index contributed by atoms with van der Waals surface area (Å²) in [6.07, 6.45) is 0.326. The Kier molecular flexibility index (Phi) is 7.61. The lowest BCUT2D eigenvalue weighted by atomic mass is 9.93. The van der Waals surface area contributed by atoms with Crippen LogP contribution in [0.15, 0.2) is 23.2 Å². The molecule has 0 aliphatic rings. The number of amides is 1. The number of nitrogens with one attached hydrogen (secondary N) is 3. The molecule has 1 amide bonds. The smallest absolute Gasteiger partial charge is 0.227 e.